The first-order valence-electron chi connectivity index (χ1n) is 9.20. The third-order valence-corrected chi connectivity index (χ3v) is 5.21. The topological polar surface area (TPSA) is 9.23 Å². The molecule has 1 fully saturated rings. The van der Waals surface area contributed by atoms with Crippen LogP contribution in [0.1, 0.15) is 86.0 Å². The molecule has 1 heteroatoms. The summed E-state index contributed by atoms with van der Waals surface area (Å²) in [6.07, 6.45) is 11.3. The maximum atomic E-state index is 6.35. The van der Waals surface area contributed by atoms with Crippen LogP contribution >= 0.6 is 0 Å². The molecule has 0 saturated heterocycles. The molecule has 0 bridgehead atoms. The van der Waals surface area contributed by atoms with Gasteiger partial charge in [-0.05, 0) is 42.9 Å². The summed E-state index contributed by atoms with van der Waals surface area (Å²) in [6.45, 7) is 12.7. The van der Waals surface area contributed by atoms with E-state index in [1.54, 1.807) is 0 Å². The average Bonchev–Trinajstić information content (AvgIpc) is 2.39. The van der Waals surface area contributed by atoms with Gasteiger partial charge in [0.25, 0.3) is 0 Å². The van der Waals surface area contributed by atoms with Crippen LogP contribution in [0, 0.1) is 23.7 Å². The van der Waals surface area contributed by atoms with E-state index < -0.39 is 0 Å². The van der Waals surface area contributed by atoms with Gasteiger partial charge in [0.05, 0.1) is 6.10 Å². The van der Waals surface area contributed by atoms with Crippen LogP contribution in [0.4, 0.5) is 0 Å². The normalized spacial score (nSPS) is 27.4. The molecular weight excluding hydrogens is 244 g/mol. The van der Waals surface area contributed by atoms with Crippen molar-refractivity contribution in [2.24, 2.45) is 23.7 Å². The van der Waals surface area contributed by atoms with E-state index >= 15 is 0 Å². The van der Waals surface area contributed by atoms with Crippen LogP contribution in [0.5, 0.6) is 0 Å². The standard InChI is InChI=1S/C19H38O/c1-6-8-17(9-7-2)12-13-20-19-14-16(5)10-11-18(19)15(3)4/h15-19H,6-14H2,1-5H3. The molecule has 0 spiro atoms. The Morgan fingerprint density at radius 1 is 1.00 bits per heavy atom. The fraction of sp³-hybridized carbons (Fsp3) is 1.00. The molecule has 0 aromatic heterocycles. The van der Waals surface area contributed by atoms with Gasteiger partial charge in [0.1, 0.15) is 0 Å². The van der Waals surface area contributed by atoms with Crippen LogP contribution in [0.15, 0.2) is 0 Å². The highest BCUT2D eigenvalue weighted by Crippen LogP contribution is 2.35. The van der Waals surface area contributed by atoms with E-state index in [-0.39, 0.29) is 0 Å². The minimum Gasteiger partial charge on any atom is -0.378 e. The minimum atomic E-state index is 0.530. The van der Waals surface area contributed by atoms with Crippen molar-refractivity contribution in [2.75, 3.05) is 6.61 Å². The molecule has 0 radical (unpaired) electrons. The molecule has 1 saturated carbocycles. The number of rotatable bonds is 9. The molecule has 0 amide bonds. The lowest BCUT2D eigenvalue weighted by Crippen LogP contribution is -2.34. The molecule has 0 N–H and O–H groups in total. The molecule has 20 heavy (non-hydrogen) atoms. The van der Waals surface area contributed by atoms with Crippen LogP contribution in [-0.2, 0) is 4.74 Å². The maximum absolute atomic E-state index is 6.35. The van der Waals surface area contributed by atoms with Crippen molar-refractivity contribution in [3.05, 3.63) is 0 Å². The van der Waals surface area contributed by atoms with Gasteiger partial charge >= 0.3 is 0 Å². The SMILES string of the molecule is CCCC(CCC)CCOC1CC(C)CCC1C(C)C. The molecule has 1 aliphatic carbocycles. The molecule has 120 valence electrons. The second kappa shape index (κ2) is 9.82. The van der Waals surface area contributed by atoms with Gasteiger partial charge < -0.3 is 4.74 Å². The molecule has 0 heterocycles. The molecule has 1 aliphatic rings. The van der Waals surface area contributed by atoms with Crippen LogP contribution in [-0.4, -0.2) is 12.7 Å². The monoisotopic (exact) mass is 282 g/mol. The Morgan fingerprint density at radius 2 is 1.65 bits per heavy atom. The lowest BCUT2D eigenvalue weighted by Gasteiger charge is -2.37. The predicted molar refractivity (Wildman–Crippen MR) is 89.0 cm³/mol. The van der Waals surface area contributed by atoms with Crippen molar-refractivity contribution in [3.63, 3.8) is 0 Å². The van der Waals surface area contributed by atoms with Gasteiger partial charge in [-0.15, -0.1) is 0 Å². The second-order valence-electron chi connectivity index (χ2n) is 7.47. The molecule has 3 unspecified atom stereocenters. The van der Waals surface area contributed by atoms with Gasteiger partial charge in [-0.2, -0.15) is 0 Å². The summed E-state index contributed by atoms with van der Waals surface area (Å²) in [5, 5.41) is 0. The maximum Gasteiger partial charge on any atom is 0.0608 e. The van der Waals surface area contributed by atoms with Crippen molar-refractivity contribution in [1.29, 1.82) is 0 Å². The summed E-state index contributed by atoms with van der Waals surface area (Å²) >= 11 is 0. The minimum absolute atomic E-state index is 0.530. The fourth-order valence-electron chi connectivity index (χ4n) is 3.94. The predicted octanol–water partition coefficient (Wildman–Crippen LogP) is 6.07. The van der Waals surface area contributed by atoms with Gasteiger partial charge in [0, 0.05) is 6.61 Å². The van der Waals surface area contributed by atoms with E-state index in [0.29, 0.717) is 6.10 Å². The summed E-state index contributed by atoms with van der Waals surface area (Å²) in [5.41, 5.74) is 0. The highest BCUT2D eigenvalue weighted by atomic mass is 16.5. The largest absolute Gasteiger partial charge is 0.378 e. The van der Waals surface area contributed by atoms with E-state index in [4.69, 9.17) is 4.74 Å². The van der Waals surface area contributed by atoms with E-state index in [0.717, 1.165) is 30.3 Å². The third kappa shape index (κ3) is 6.16. The summed E-state index contributed by atoms with van der Waals surface area (Å²) < 4.78 is 6.35. The van der Waals surface area contributed by atoms with Crippen LogP contribution in [0.2, 0.25) is 0 Å². The highest BCUT2D eigenvalue weighted by Gasteiger charge is 2.31. The molecule has 3 atom stereocenters. The van der Waals surface area contributed by atoms with Crippen molar-refractivity contribution in [3.8, 4) is 0 Å². The average molecular weight is 283 g/mol. The lowest BCUT2D eigenvalue weighted by molar-refractivity contribution is -0.0428. The quantitative estimate of drug-likeness (QED) is 0.498. The zero-order valence-electron chi connectivity index (χ0n) is 14.7. The Labute approximate surface area is 127 Å². The van der Waals surface area contributed by atoms with Crippen LogP contribution in [0.25, 0.3) is 0 Å². The van der Waals surface area contributed by atoms with E-state index in [9.17, 15) is 0 Å². The van der Waals surface area contributed by atoms with Crippen molar-refractivity contribution in [2.45, 2.75) is 92.1 Å². The smallest absolute Gasteiger partial charge is 0.0608 e. The zero-order chi connectivity index (χ0) is 15.0. The Hall–Kier alpha value is -0.0400. The van der Waals surface area contributed by atoms with Gasteiger partial charge in [-0.25, -0.2) is 0 Å². The lowest BCUT2D eigenvalue weighted by atomic mass is 9.75. The Morgan fingerprint density at radius 3 is 2.20 bits per heavy atom. The van der Waals surface area contributed by atoms with E-state index in [2.05, 4.69) is 34.6 Å². The van der Waals surface area contributed by atoms with E-state index in [1.165, 1.54) is 51.4 Å². The summed E-state index contributed by atoms with van der Waals surface area (Å²) in [5.74, 6) is 3.32. The molecule has 1 rings (SSSR count). The number of ether oxygens (including phenoxy) is 1. The molecule has 0 aliphatic heterocycles. The Balaban J connectivity index is 2.36. The number of hydrogen-bond donors (Lipinski definition) is 0. The third-order valence-electron chi connectivity index (χ3n) is 5.21. The van der Waals surface area contributed by atoms with Crippen molar-refractivity contribution < 1.29 is 4.74 Å². The van der Waals surface area contributed by atoms with E-state index in [1.807, 2.05) is 0 Å². The second-order valence-corrected chi connectivity index (χ2v) is 7.47. The first kappa shape index (κ1) is 18.0. The first-order chi connectivity index (χ1) is 9.58. The van der Waals surface area contributed by atoms with Crippen LogP contribution < -0.4 is 0 Å². The van der Waals surface area contributed by atoms with Gasteiger partial charge in [0.2, 0.25) is 0 Å². The van der Waals surface area contributed by atoms with Gasteiger partial charge in [0.15, 0.2) is 0 Å². The summed E-state index contributed by atoms with van der Waals surface area (Å²) in [6, 6.07) is 0. The van der Waals surface area contributed by atoms with Crippen LogP contribution in [0.3, 0.4) is 0 Å². The fourth-order valence-corrected chi connectivity index (χ4v) is 3.94. The molecule has 0 aromatic carbocycles. The molecule has 1 nitrogen and oxygen atoms in total. The zero-order valence-corrected chi connectivity index (χ0v) is 14.7. The Kier molecular flexibility index (Phi) is 8.84. The van der Waals surface area contributed by atoms with Crippen molar-refractivity contribution in [1.82, 2.24) is 0 Å². The first-order valence-corrected chi connectivity index (χ1v) is 9.20. The summed E-state index contributed by atoms with van der Waals surface area (Å²) in [7, 11) is 0. The highest BCUT2D eigenvalue weighted by molar-refractivity contribution is 4.81. The molecule has 0 aromatic rings. The molecular formula is C19H38O. The van der Waals surface area contributed by atoms with Gasteiger partial charge in [-0.1, -0.05) is 66.7 Å². The Bertz CT molecular complexity index is 230. The number of hydrogen-bond acceptors (Lipinski definition) is 1. The van der Waals surface area contributed by atoms with Gasteiger partial charge in [-0.3, -0.25) is 0 Å². The van der Waals surface area contributed by atoms with Crippen molar-refractivity contribution >= 4 is 0 Å². The summed E-state index contributed by atoms with van der Waals surface area (Å²) in [4.78, 5) is 0.